The first kappa shape index (κ1) is 14.5. The van der Waals surface area contributed by atoms with Crippen LogP contribution in [0.1, 0.15) is 18.4 Å². The molecule has 0 saturated carbocycles. The zero-order valence-corrected chi connectivity index (χ0v) is 12.6. The van der Waals surface area contributed by atoms with Crippen molar-refractivity contribution in [2.24, 2.45) is 0 Å². The number of hydrogen-bond donors (Lipinski definition) is 1. The zero-order valence-electron chi connectivity index (χ0n) is 11.9. The van der Waals surface area contributed by atoms with E-state index in [0.29, 0.717) is 42.8 Å². The van der Waals surface area contributed by atoms with Crippen molar-refractivity contribution in [3.05, 3.63) is 22.7 Å². The van der Waals surface area contributed by atoms with Gasteiger partial charge in [-0.2, -0.15) is 0 Å². The van der Waals surface area contributed by atoms with Crippen molar-refractivity contribution in [3.63, 3.8) is 0 Å². The SMILES string of the molecule is O=C(CNCc1cc(Cl)c2c(c1)OCCO2)N1CCCC1. The summed E-state index contributed by atoms with van der Waals surface area (Å²) >= 11 is 6.18. The van der Waals surface area contributed by atoms with Gasteiger partial charge in [0, 0.05) is 19.6 Å². The van der Waals surface area contributed by atoms with Gasteiger partial charge >= 0.3 is 0 Å². The second-order valence-corrected chi connectivity index (χ2v) is 5.70. The van der Waals surface area contributed by atoms with E-state index >= 15 is 0 Å². The van der Waals surface area contributed by atoms with E-state index in [2.05, 4.69) is 5.32 Å². The largest absolute Gasteiger partial charge is 0.486 e. The van der Waals surface area contributed by atoms with Gasteiger partial charge in [-0.3, -0.25) is 4.79 Å². The van der Waals surface area contributed by atoms with E-state index in [1.807, 2.05) is 17.0 Å². The molecule has 0 spiro atoms. The highest BCUT2D eigenvalue weighted by atomic mass is 35.5. The molecule has 5 nitrogen and oxygen atoms in total. The van der Waals surface area contributed by atoms with Crippen LogP contribution < -0.4 is 14.8 Å². The molecule has 0 atom stereocenters. The first-order chi connectivity index (χ1) is 10.2. The number of ether oxygens (including phenoxy) is 2. The van der Waals surface area contributed by atoms with E-state index in [0.717, 1.165) is 31.5 Å². The smallest absolute Gasteiger partial charge is 0.236 e. The van der Waals surface area contributed by atoms with Crippen molar-refractivity contribution in [2.45, 2.75) is 19.4 Å². The molecular formula is C15H19ClN2O3. The first-order valence-corrected chi connectivity index (χ1v) is 7.68. The fourth-order valence-electron chi connectivity index (χ4n) is 2.66. The molecule has 0 unspecified atom stereocenters. The van der Waals surface area contributed by atoms with E-state index in [4.69, 9.17) is 21.1 Å². The Morgan fingerprint density at radius 1 is 1.24 bits per heavy atom. The molecule has 2 heterocycles. The molecule has 3 rings (SSSR count). The van der Waals surface area contributed by atoms with Crippen LogP contribution in [0.5, 0.6) is 11.5 Å². The Balaban J connectivity index is 1.55. The van der Waals surface area contributed by atoms with Gasteiger partial charge in [0.05, 0.1) is 11.6 Å². The minimum atomic E-state index is 0.163. The van der Waals surface area contributed by atoms with Crippen LogP contribution in [0, 0.1) is 0 Å². The van der Waals surface area contributed by atoms with Crippen LogP contribution in [0.4, 0.5) is 0 Å². The predicted octanol–water partition coefficient (Wildman–Crippen LogP) is 1.82. The maximum atomic E-state index is 11.9. The highest BCUT2D eigenvalue weighted by Gasteiger charge is 2.18. The predicted molar refractivity (Wildman–Crippen MR) is 80.0 cm³/mol. The van der Waals surface area contributed by atoms with E-state index in [1.54, 1.807) is 0 Å². The Bertz CT molecular complexity index is 530. The van der Waals surface area contributed by atoms with E-state index in [9.17, 15) is 4.79 Å². The Labute approximate surface area is 129 Å². The number of halogens is 1. The van der Waals surface area contributed by atoms with Crippen molar-refractivity contribution in [3.8, 4) is 11.5 Å². The monoisotopic (exact) mass is 310 g/mol. The third kappa shape index (κ3) is 3.41. The molecule has 6 heteroatoms. The average molecular weight is 311 g/mol. The molecule has 0 radical (unpaired) electrons. The van der Waals surface area contributed by atoms with Gasteiger partial charge in [-0.05, 0) is 30.5 Å². The average Bonchev–Trinajstić information content (AvgIpc) is 3.01. The van der Waals surface area contributed by atoms with Gasteiger partial charge in [0.1, 0.15) is 13.2 Å². The Kier molecular flexibility index (Phi) is 4.51. The summed E-state index contributed by atoms with van der Waals surface area (Å²) in [5, 5.41) is 3.72. The van der Waals surface area contributed by atoms with E-state index in [1.165, 1.54) is 0 Å². The Morgan fingerprint density at radius 2 is 2.00 bits per heavy atom. The lowest BCUT2D eigenvalue weighted by Gasteiger charge is -2.20. The number of likely N-dealkylation sites (tertiary alicyclic amines) is 1. The molecular weight excluding hydrogens is 292 g/mol. The fourth-order valence-corrected chi connectivity index (χ4v) is 2.95. The maximum absolute atomic E-state index is 11.9. The zero-order chi connectivity index (χ0) is 14.7. The molecule has 1 amide bonds. The highest BCUT2D eigenvalue weighted by Crippen LogP contribution is 2.38. The summed E-state index contributed by atoms with van der Waals surface area (Å²) in [6.45, 7) is 3.76. The molecule has 1 aromatic rings. The van der Waals surface area contributed by atoms with Crippen LogP contribution in [0.15, 0.2) is 12.1 Å². The van der Waals surface area contributed by atoms with Crippen LogP contribution in [-0.2, 0) is 11.3 Å². The third-order valence-electron chi connectivity index (χ3n) is 3.72. The first-order valence-electron chi connectivity index (χ1n) is 7.30. The molecule has 114 valence electrons. The molecule has 2 aliphatic rings. The van der Waals surface area contributed by atoms with Crippen molar-refractivity contribution in [1.29, 1.82) is 0 Å². The van der Waals surface area contributed by atoms with Crippen molar-refractivity contribution < 1.29 is 14.3 Å². The number of carbonyl (C=O) groups is 1. The number of fused-ring (bicyclic) bond motifs is 1. The van der Waals surface area contributed by atoms with E-state index < -0.39 is 0 Å². The van der Waals surface area contributed by atoms with Gasteiger partial charge in [-0.1, -0.05) is 11.6 Å². The molecule has 21 heavy (non-hydrogen) atoms. The van der Waals surface area contributed by atoms with Gasteiger partial charge in [-0.25, -0.2) is 0 Å². The molecule has 0 aliphatic carbocycles. The van der Waals surface area contributed by atoms with Crippen molar-refractivity contribution in [2.75, 3.05) is 32.8 Å². The molecule has 1 N–H and O–H groups in total. The number of nitrogens with one attached hydrogen (secondary N) is 1. The number of hydrogen-bond acceptors (Lipinski definition) is 4. The Hall–Kier alpha value is -1.46. The quantitative estimate of drug-likeness (QED) is 0.922. The summed E-state index contributed by atoms with van der Waals surface area (Å²) in [7, 11) is 0. The van der Waals surface area contributed by atoms with E-state index in [-0.39, 0.29) is 5.91 Å². The van der Waals surface area contributed by atoms with Crippen LogP contribution in [0.2, 0.25) is 5.02 Å². The normalized spacial score (nSPS) is 17.1. The minimum absolute atomic E-state index is 0.163. The second kappa shape index (κ2) is 6.54. The number of amides is 1. The number of benzene rings is 1. The number of carbonyl (C=O) groups excluding carboxylic acids is 1. The molecule has 2 aliphatic heterocycles. The maximum Gasteiger partial charge on any atom is 0.236 e. The number of rotatable bonds is 4. The third-order valence-corrected chi connectivity index (χ3v) is 4.00. The fraction of sp³-hybridized carbons (Fsp3) is 0.533. The van der Waals surface area contributed by atoms with Crippen molar-refractivity contribution in [1.82, 2.24) is 10.2 Å². The molecule has 1 fully saturated rings. The van der Waals surface area contributed by atoms with Gasteiger partial charge in [0.15, 0.2) is 11.5 Å². The summed E-state index contributed by atoms with van der Waals surface area (Å²) in [5.41, 5.74) is 0.985. The van der Waals surface area contributed by atoms with Gasteiger partial charge < -0.3 is 19.7 Å². The standard InChI is InChI=1S/C15H19ClN2O3/c16-12-7-11(8-13-15(12)21-6-5-20-13)9-17-10-14(19)18-3-1-2-4-18/h7-8,17H,1-6,9-10H2. The summed E-state index contributed by atoms with van der Waals surface area (Å²) in [4.78, 5) is 13.8. The Morgan fingerprint density at radius 3 is 2.81 bits per heavy atom. The van der Waals surface area contributed by atoms with Crippen LogP contribution >= 0.6 is 11.6 Å². The topological polar surface area (TPSA) is 50.8 Å². The molecule has 1 aromatic carbocycles. The van der Waals surface area contributed by atoms with Crippen molar-refractivity contribution >= 4 is 17.5 Å². The summed E-state index contributed by atoms with van der Waals surface area (Å²) in [5.74, 6) is 1.45. The second-order valence-electron chi connectivity index (χ2n) is 5.29. The summed E-state index contributed by atoms with van der Waals surface area (Å²) < 4.78 is 11.0. The highest BCUT2D eigenvalue weighted by molar-refractivity contribution is 6.32. The summed E-state index contributed by atoms with van der Waals surface area (Å²) in [6.07, 6.45) is 2.23. The van der Waals surface area contributed by atoms with Crippen LogP contribution in [0.3, 0.4) is 0 Å². The van der Waals surface area contributed by atoms with Gasteiger partial charge in [0.2, 0.25) is 5.91 Å². The molecule has 0 aromatic heterocycles. The molecule has 1 saturated heterocycles. The van der Waals surface area contributed by atoms with Crippen LogP contribution in [-0.4, -0.2) is 43.7 Å². The molecule has 0 bridgehead atoms. The lowest BCUT2D eigenvalue weighted by Crippen LogP contribution is -2.36. The van der Waals surface area contributed by atoms with Crippen LogP contribution in [0.25, 0.3) is 0 Å². The number of nitrogens with zero attached hydrogens (tertiary/aromatic N) is 1. The van der Waals surface area contributed by atoms with Gasteiger partial charge in [0.25, 0.3) is 0 Å². The minimum Gasteiger partial charge on any atom is -0.486 e. The lowest BCUT2D eigenvalue weighted by molar-refractivity contribution is -0.129. The lowest BCUT2D eigenvalue weighted by atomic mass is 10.2. The summed E-state index contributed by atoms with van der Waals surface area (Å²) in [6, 6.07) is 3.76. The van der Waals surface area contributed by atoms with Gasteiger partial charge in [-0.15, -0.1) is 0 Å².